The summed E-state index contributed by atoms with van der Waals surface area (Å²) in [7, 11) is -2.04. The Hall–Kier alpha value is -1.76. The van der Waals surface area contributed by atoms with Crippen molar-refractivity contribution in [2.75, 3.05) is 7.05 Å². The van der Waals surface area contributed by atoms with E-state index in [1.165, 1.54) is 10.4 Å². The van der Waals surface area contributed by atoms with Gasteiger partial charge in [0.2, 0.25) is 10.0 Å². The Balaban J connectivity index is 2.30. The second-order valence-corrected chi connectivity index (χ2v) is 6.41. The van der Waals surface area contributed by atoms with Crippen LogP contribution >= 0.6 is 0 Å². The predicted molar refractivity (Wildman–Crippen MR) is 77.2 cm³/mol. The van der Waals surface area contributed by atoms with Crippen LogP contribution in [0.2, 0.25) is 0 Å². The zero-order valence-corrected chi connectivity index (χ0v) is 12.0. The Morgan fingerprint density at radius 2 is 1.85 bits per heavy atom. The van der Waals surface area contributed by atoms with Crippen LogP contribution in [-0.4, -0.2) is 24.8 Å². The van der Waals surface area contributed by atoms with E-state index >= 15 is 0 Å². The summed E-state index contributed by atoms with van der Waals surface area (Å²) >= 11 is 0. The average Bonchev–Trinajstić information content (AvgIpc) is 2.48. The molecule has 0 unspecified atom stereocenters. The minimum Gasteiger partial charge on any atom is -0.325 e. The lowest BCUT2D eigenvalue weighted by Crippen LogP contribution is -2.28. The maximum Gasteiger partial charge on any atom is 0.244 e. The Kier molecular flexibility index (Phi) is 4.49. The molecule has 0 radical (unpaired) electrons. The summed E-state index contributed by atoms with van der Waals surface area (Å²) in [5, 5.41) is 0. The minimum absolute atomic E-state index is 0.0918. The molecule has 2 aromatic rings. The first kappa shape index (κ1) is 14.6. The van der Waals surface area contributed by atoms with E-state index < -0.39 is 10.0 Å². The lowest BCUT2D eigenvalue weighted by Gasteiger charge is -2.18. The molecule has 6 heteroatoms. The van der Waals surface area contributed by atoms with Gasteiger partial charge in [0.05, 0.1) is 5.69 Å². The summed E-state index contributed by atoms with van der Waals surface area (Å²) in [5.74, 6) is 0. The molecule has 0 bridgehead atoms. The van der Waals surface area contributed by atoms with E-state index in [0.29, 0.717) is 12.2 Å². The van der Waals surface area contributed by atoms with E-state index in [-0.39, 0.29) is 11.4 Å². The van der Waals surface area contributed by atoms with Crippen molar-refractivity contribution in [2.24, 2.45) is 5.73 Å². The van der Waals surface area contributed by atoms with Gasteiger partial charge >= 0.3 is 0 Å². The molecule has 0 spiro atoms. The summed E-state index contributed by atoms with van der Waals surface area (Å²) in [4.78, 5) is 4.19. The quantitative estimate of drug-likeness (QED) is 0.902. The number of hydrogen-bond acceptors (Lipinski definition) is 4. The van der Waals surface area contributed by atoms with Crippen molar-refractivity contribution >= 4 is 10.0 Å². The van der Waals surface area contributed by atoms with E-state index in [9.17, 15) is 8.42 Å². The zero-order chi connectivity index (χ0) is 14.6. The second kappa shape index (κ2) is 6.13. The second-order valence-electron chi connectivity index (χ2n) is 4.40. The first-order chi connectivity index (χ1) is 9.55. The number of benzene rings is 1. The highest BCUT2D eigenvalue weighted by atomic mass is 32.2. The van der Waals surface area contributed by atoms with E-state index in [2.05, 4.69) is 4.98 Å². The van der Waals surface area contributed by atoms with Crippen LogP contribution in [-0.2, 0) is 23.1 Å². The highest BCUT2D eigenvalue weighted by Gasteiger charge is 2.23. The highest BCUT2D eigenvalue weighted by molar-refractivity contribution is 7.89. The Bertz CT molecular complexity index is 672. The number of sulfonamides is 1. The van der Waals surface area contributed by atoms with Gasteiger partial charge in [-0.2, -0.15) is 4.31 Å². The van der Waals surface area contributed by atoms with Gasteiger partial charge in [0.1, 0.15) is 4.90 Å². The lowest BCUT2D eigenvalue weighted by atomic mass is 10.2. The van der Waals surface area contributed by atoms with Crippen LogP contribution < -0.4 is 5.73 Å². The maximum atomic E-state index is 12.5. The van der Waals surface area contributed by atoms with Crippen LogP contribution in [0.15, 0.2) is 53.6 Å². The van der Waals surface area contributed by atoms with Crippen LogP contribution in [0.1, 0.15) is 11.3 Å². The molecule has 0 amide bonds. The molecule has 0 aliphatic rings. The van der Waals surface area contributed by atoms with Crippen LogP contribution in [0.25, 0.3) is 0 Å². The van der Waals surface area contributed by atoms with Crippen LogP contribution in [0, 0.1) is 0 Å². The number of aromatic nitrogens is 1. The monoisotopic (exact) mass is 291 g/mol. The fourth-order valence-electron chi connectivity index (χ4n) is 1.90. The number of hydrogen-bond donors (Lipinski definition) is 1. The third-order valence-electron chi connectivity index (χ3n) is 2.98. The van der Waals surface area contributed by atoms with Crippen molar-refractivity contribution in [2.45, 2.75) is 18.0 Å². The molecule has 1 aromatic heterocycles. The largest absolute Gasteiger partial charge is 0.325 e. The van der Waals surface area contributed by atoms with E-state index in [0.717, 1.165) is 5.56 Å². The van der Waals surface area contributed by atoms with E-state index in [4.69, 9.17) is 5.73 Å². The van der Waals surface area contributed by atoms with Gasteiger partial charge in [-0.15, -0.1) is 0 Å². The molecule has 0 fully saturated rings. The molecular weight excluding hydrogens is 274 g/mol. The molecule has 0 atom stereocenters. The summed E-state index contributed by atoms with van der Waals surface area (Å²) in [6.45, 7) is 0.399. The standard InChI is InChI=1S/C14H17N3O2S/c1-17(11-12-6-3-2-4-7-12)20(18,19)14-8-5-9-16-13(14)10-15/h2-9H,10-11,15H2,1H3. The molecule has 20 heavy (non-hydrogen) atoms. The van der Waals surface area contributed by atoms with Gasteiger partial charge in [-0.25, -0.2) is 8.42 Å². The maximum absolute atomic E-state index is 12.5. The molecule has 0 aliphatic carbocycles. The first-order valence-corrected chi connectivity index (χ1v) is 7.64. The topological polar surface area (TPSA) is 76.3 Å². The number of pyridine rings is 1. The third kappa shape index (κ3) is 3.04. The van der Waals surface area contributed by atoms with Crippen molar-refractivity contribution < 1.29 is 8.42 Å². The molecular formula is C14H17N3O2S. The van der Waals surface area contributed by atoms with Crippen LogP contribution in [0.3, 0.4) is 0 Å². The Morgan fingerprint density at radius 3 is 2.50 bits per heavy atom. The number of nitrogens with two attached hydrogens (primary N) is 1. The Morgan fingerprint density at radius 1 is 1.15 bits per heavy atom. The number of nitrogens with zero attached hydrogens (tertiary/aromatic N) is 2. The molecule has 1 aromatic carbocycles. The van der Waals surface area contributed by atoms with Crippen molar-refractivity contribution in [1.82, 2.24) is 9.29 Å². The highest BCUT2D eigenvalue weighted by Crippen LogP contribution is 2.19. The predicted octanol–water partition coefficient (Wildman–Crippen LogP) is 1.36. The molecule has 2 rings (SSSR count). The van der Waals surface area contributed by atoms with E-state index in [1.54, 1.807) is 19.3 Å². The third-order valence-corrected chi connectivity index (χ3v) is 4.86. The summed E-state index contributed by atoms with van der Waals surface area (Å²) < 4.78 is 26.4. The van der Waals surface area contributed by atoms with Crippen molar-refractivity contribution in [3.05, 3.63) is 59.9 Å². The summed E-state index contributed by atoms with van der Waals surface area (Å²) in [5.41, 5.74) is 6.86. The van der Waals surface area contributed by atoms with Crippen LogP contribution in [0.4, 0.5) is 0 Å². The zero-order valence-electron chi connectivity index (χ0n) is 11.2. The molecule has 106 valence electrons. The van der Waals surface area contributed by atoms with Gasteiger partial charge < -0.3 is 5.73 Å². The van der Waals surface area contributed by atoms with Crippen LogP contribution in [0.5, 0.6) is 0 Å². The molecule has 0 aliphatic heterocycles. The Labute approximate surface area is 119 Å². The van der Waals surface area contributed by atoms with Crippen molar-refractivity contribution in [3.63, 3.8) is 0 Å². The average molecular weight is 291 g/mol. The molecule has 1 heterocycles. The van der Waals surface area contributed by atoms with Gasteiger partial charge in [-0.1, -0.05) is 30.3 Å². The van der Waals surface area contributed by atoms with E-state index in [1.807, 2.05) is 30.3 Å². The van der Waals surface area contributed by atoms with Gasteiger partial charge in [-0.3, -0.25) is 4.98 Å². The number of rotatable bonds is 5. The lowest BCUT2D eigenvalue weighted by molar-refractivity contribution is 0.465. The SMILES string of the molecule is CN(Cc1ccccc1)S(=O)(=O)c1cccnc1CN. The van der Waals surface area contributed by atoms with Gasteiger partial charge in [0.25, 0.3) is 0 Å². The fraction of sp³-hybridized carbons (Fsp3) is 0.214. The smallest absolute Gasteiger partial charge is 0.244 e. The molecule has 0 saturated heterocycles. The fourth-order valence-corrected chi connectivity index (χ4v) is 3.24. The first-order valence-electron chi connectivity index (χ1n) is 6.20. The van der Waals surface area contributed by atoms with Crippen molar-refractivity contribution in [1.29, 1.82) is 0 Å². The molecule has 2 N–H and O–H groups in total. The molecule has 5 nitrogen and oxygen atoms in total. The van der Waals surface area contributed by atoms with Crippen molar-refractivity contribution in [3.8, 4) is 0 Å². The normalized spacial score (nSPS) is 11.8. The molecule has 0 saturated carbocycles. The summed E-state index contributed by atoms with van der Waals surface area (Å²) in [6, 6.07) is 12.6. The summed E-state index contributed by atoms with van der Waals surface area (Å²) in [6.07, 6.45) is 1.54. The van der Waals surface area contributed by atoms with Gasteiger partial charge in [-0.05, 0) is 17.7 Å². The van der Waals surface area contributed by atoms with Gasteiger partial charge in [0, 0.05) is 26.3 Å². The van der Waals surface area contributed by atoms with Gasteiger partial charge in [0.15, 0.2) is 0 Å². The minimum atomic E-state index is -3.59.